The SMILES string of the molecule is Cc1nc(-c2cccc(Br)c2)ccc1C(=O)Nc1sc(C)c(C)c1C(N)=O. The Labute approximate surface area is 169 Å². The number of thiophene rings is 1. The van der Waals surface area contributed by atoms with Crippen molar-refractivity contribution < 1.29 is 9.59 Å². The number of carbonyl (C=O) groups is 2. The molecule has 3 rings (SSSR count). The summed E-state index contributed by atoms with van der Waals surface area (Å²) in [7, 11) is 0. The van der Waals surface area contributed by atoms with Gasteiger partial charge in [0.05, 0.1) is 22.5 Å². The molecule has 3 aromatic rings. The van der Waals surface area contributed by atoms with E-state index >= 15 is 0 Å². The fourth-order valence-electron chi connectivity index (χ4n) is 2.79. The van der Waals surface area contributed by atoms with Crippen molar-refractivity contribution in [1.82, 2.24) is 4.98 Å². The van der Waals surface area contributed by atoms with Gasteiger partial charge in [-0.25, -0.2) is 0 Å². The predicted octanol–water partition coefficient (Wildman–Crippen LogP) is 4.85. The van der Waals surface area contributed by atoms with Crippen LogP contribution in [0.1, 0.15) is 36.9 Å². The maximum absolute atomic E-state index is 12.7. The second-order valence-electron chi connectivity index (χ2n) is 6.15. The highest BCUT2D eigenvalue weighted by Gasteiger charge is 2.20. The van der Waals surface area contributed by atoms with Crippen molar-refractivity contribution in [3.05, 3.63) is 68.1 Å². The van der Waals surface area contributed by atoms with Crippen molar-refractivity contribution in [3.63, 3.8) is 0 Å². The van der Waals surface area contributed by atoms with Gasteiger partial charge in [0.2, 0.25) is 0 Å². The molecule has 0 bridgehead atoms. The summed E-state index contributed by atoms with van der Waals surface area (Å²) < 4.78 is 0.962. The quantitative estimate of drug-likeness (QED) is 0.604. The molecule has 2 amide bonds. The minimum absolute atomic E-state index is 0.315. The van der Waals surface area contributed by atoms with Gasteiger partial charge in [-0.1, -0.05) is 28.1 Å². The predicted molar refractivity (Wildman–Crippen MR) is 112 cm³/mol. The second-order valence-corrected chi connectivity index (χ2v) is 8.29. The van der Waals surface area contributed by atoms with Gasteiger partial charge in [0.15, 0.2) is 0 Å². The summed E-state index contributed by atoms with van der Waals surface area (Å²) >= 11 is 4.79. The molecular formula is C20H18BrN3O2S. The third-order valence-corrected chi connectivity index (χ3v) is 5.93. The lowest BCUT2D eigenvalue weighted by atomic mass is 10.1. The summed E-state index contributed by atoms with van der Waals surface area (Å²) in [5.41, 5.74) is 9.43. The van der Waals surface area contributed by atoms with Crippen LogP contribution in [0.25, 0.3) is 11.3 Å². The number of nitrogens with two attached hydrogens (primary N) is 1. The van der Waals surface area contributed by atoms with Crippen LogP contribution in [0.5, 0.6) is 0 Å². The van der Waals surface area contributed by atoms with Gasteiger partial charge >= 0.3 is 0 Å². The molecule has 0 fully saturated rings. The topological polar surface area (TPSA) is 85.1 Å². The molecule has 1 aromatic carbocycles. The number of amides is 2. The van der Waals surface area contributed by atoms with E-state index in [0.717, 1.165) is 26.2 Å². The zero-order valence-electron chi connectivity index (χ0n) is 15.1. The fourth-order valence-corrected chi connectivity index (χ4v) is 4.25. The molecule has 2 aromatic heterocycles. The van der Waals surface area contributed by atoms with E-state index in [1.165, 1.54) is 11.3 Å². The summed E-state index contributed by atoms with van der Waals surface area (Å²) in [6.45, 7) is 5.50. The summed E-state index contributed by atoms with van der Waals surface area (Å²) in [5.74, 6) is -0.864. The maximum Gasteiger partial charge on any atom is 0.258 e. The lowest BCUT2D eigenvalue weighted by Crippen LogP contribution is -2.18. The highest BCUT2D eigenvalue weighted by atomic mass is 79.9. The van der Waals surface area contributed by atoms with Crippen molar-refractivity contribution in [2.75, 3.05) is 5.32 Å². The van der Waals surface area contributed by atoms with E-state index in [1.807, 2.05) is 44.2 Å². The molecule has 0 spiro atoms. The number of anilines is 1. The Bertz CT molecular complexity index is 1060. The molecule has 0 aliphatic carbocycles. The molecule has 5 nitrogen and oxygen atoms in total. The Morgan fingerprint density at radius 3 is 2.52 bits per heavy atom. The number of nitrogens with one attached hydrogen (secondary N) is 1. The number of halogens is 1. The van der Waals surface area contributed by atoms with Crippen LogP contribution < -0.4 is 11.1 Å². The standard InChI is InChI=1S/C20H18BrN3O2S/c1-10-12(3)27-20(17(10)18(22)25)24-19(26)15-7-8-16(23-11(15)2)13-5-4-6-14(21)9-13/h4-9H,1-3H3,(H2,22,25)(H,24,26). The van der Waals surface area contributed by atoms with Gasteiger partial charge in [0.1, 0.15) is 5.00 Å². The first-order chi connectivity index (χ1) is 12.8. The molecule has 0 radical (unpaired) electrons. The van der Waals surface area contributed by atoms with E-state index in [9.17, 15) is 9.59 Å². The molecule has 0 atom stereocenters. The Morgan fingerprint density at radius 1 is 1.15 bits per heavy atom. The van der Waals surface area contributed by atoms with Crippen LogP contribution in [0.3, 0.4) is 0 Å². The summed E-state index contributed by atoms with van der Waals surface area (Å²) in [6.07, 6.45) is 0. The number of benzene rings is 1. The van der Waals surface area contributed by atoms with Crippen LogP contribution in [0.4, 0.5) is 5.00 Å². The highest BCUT2D eigenvalue weighted by molar-refractivity contribution is 9.10. The lowest BCUT2D eigenvalue weighted by molar-refractivity contribution is 0.100. The third kappa shape index (κ3) is 3.94. The highest BCUT2D eigenvalue weighted by Crippen LogP contribution is 2.32. The van der Waals surface area contributed by atoms with E-state index in [-0.39, 0.29) is 5.91 Å². The molecule has 7 heteroatoms. The minimum Gasteiger partial charge on any atom is -0.365 e. The first-order valence-corrected chi connectivity index (χ1v) is 9.83. The number of carbonyl (C=O) groups excluding carboxylic acids is 2. The molecule has 2 heterocycles. The number of rotatable bonds is 4. The van der Waals surface area contributed by atoms with Gasteiger partial charge in [-0.05, 0) is 50.6 Å². The van der Waals surface area contributed by atoms with Gasteiger partial charge < -0.3 is 11.1 Å². The lowest BCUT2D eigenvalue weighted by Gasteiger charge is -2.09. The van der Waals surface area contributed by atoms with Crippen LogP contribution >= 0.6 is 27.3 Å². The number of hydrogen-bond acceptors (Lipinski definition) is 4. The van der Waals surface area contributed by atoms with Crippen LogP contribution in [0.15, 0.2) is 40.9 Å². The number of nitrogens with zero attached hydrogens (tertiary/aromatic N) is 1. The number of aryl methyl sites for hydroxylation is 2. The Hall–Kier alpha value is -2.51. The number of aromatic nitrogens is 1. The van der Waals surface area contributed by atoms with Crippen LogP contribution in [-0.2, 0) is 0 Å². The molecule has 3 N–H and O–H groups in total. The van der Waals surface area contributed by atoms with Gasteiger partial charge in [0.25, 0.3) is 11.8 Å². The zero-order chi connectivity index (χ0) is 19.7. The zero-order valence-corrected chi connectivity index (χ0v) is 17.5. The monoisotopic (exact) mass is 443 g/mol. The van der Waals surface area contributed by atoms with Crippen molar-refractivity contribution in [1.29, 1.82) is 0 Å². The Balaban J connectivity index is 1.90. The van der Waals surface area contributed by atoms with Crippen LogP contribution in [0, 0.1) is 20.8 Å². The van der Waals surface area contributed by atoms with Crippen molar-refractivity contribution in [2.45, 2.75) is 20.8 Å². The molecule has 0 aliphatic rings. The normalized spacial score (nSPS) is 10.7. The first kappa shape index (κ1) is 19.3. The Morgan fingerprint density at radius 2 is 1.89 bits per heavy atom. The van der Waals surface area contributed by atoms with Crippen LogP contribution in [0.2, 0.25) is 0 Å². The van der Waals surface area contributed by atoms with Crippen molar-refractivity contribution in [3.8, 4) is 11.3 Å². The number of hydrogen-bond donors (Lipinski definition) is 2. The molecule has 27 heavy (non-hydrogen) atoms. The molecular weight excluding hydrogens is 426 g/mol. The summed E-state index contributed by atoms with van der Waals surface area (Å²) in [4.78, 5) is 30.0. The van der Waals surface area contributed by atoms with Gasteiger partial charge in [-0.2, -0.15) is 0 Å². The Kier molecular flexibility index (Phi) is 5.43. The summed E-state index contributed by atoms with van der Waals surface area (Å²) in [6, 6.07) is 11.4. The fraction of sp³-hybridized carbons (Fsp3) is 0.150. The van der Waals surface area contributed by atoms with Crippen molar-refractivity contribution >= 4 is 44.1 Å². The second kappa shape index (κ2) is 7.62. The van der Waals surface area contributed by atoms with E-state index in [4.69, 9.17) is 5.73 Å². The maximum atomic E-state index is 12.7. The smallest absolute Gasteiger partial charge is 0.258 e. The van der Waals surface area contributed by atoms with Gasteiger partial charge in [0, 0.05) is 14.9 Å². The largest absolute Gasteiger partial charge is 0.365 e. The van der Waals surface area contributed by atoms with Crippen LogP contribution in [-0.4, -0.2) is 16.8 Å². The average Bonchev–Trinajstić information content (AvgIpc) is 2.88. The molecule has 138 valence electrons. The van der Waals surface area contributed by atoms with E-state index in [2.05, 4.69) is 26.2 Å². The van der Waals surface area contributed by atoms with E-state index in [1.54, 1.807) is 13.0 Å². The van der Waals surface area contributed by atoms with Crippen molar-refractivity contribution in [2.24, 2.45) is 5.73 Å². The van der Waals surface area contributed by atoms with Gasteiger partial charge in [-0.15, -0.1) is 11.3 Å². The minimum atomic E-state index is -0.549. The number of pyridine rings is 1. The average molecular weight is 444 g/mol. The summed E-state index contributed by atoms with van der Waals surface area (Å²) in [5, 5.41) is 3.28. The third-order valence-electron chi connectivity index (χ3n) is 4.31. The molecule has 0 aliphatic heterocycles. The van der Waals surface area contributed by atoms with Gasteiger partial charge in [-0.3, -0.25) is 14.6 Å². The molecule has 0 saturated carbocycles. The first-order valence-electron chi connectivity index (χ1n) is 8.22. The number of primary amides is 1. The molecule has 0 saturated heterocycles. The molecule has 0 unspecified atom stereocenters. The van der Waals surface area contributed by atoms with E-state index < -0.39 is 5.91 Å². The van der Waals surface area contributed by atoms with E-state index in [0.29, 0.717) is 21.8 Å².